The summed E-state index contributed by atoms with van der Waals surface area (Å²) in [4.78, 5) is 24.6. The van der Waals surface area contributed by atoms with Gasteiger partial charge in [0, 0.05) is 11.4 Å². The largest absolute Gasteiger partial charge is 0.418 e. The summed E-state index contributed by atoms with van der Waals surface area (Å²) in [6, 6.07) is 3.68. The number of nitrogen functional groups attached to an aromatic ring is 2. The molecule has 2 amide bonds. The van der Waals surface area contributed by atoms with Crippen LogP contribution in [-0.2, 0) is 12.4 Å². The van der Waals surface area contributed by atoms with E-state index in [4.69, 9.17) is 11.5 Å². The summed E-state index contributed by atoms with van der Waals surface area (Å²) in [7, 11) is 0. The van der Waals surface area contributed by atoms with E-state index >= 15 is 0 Å². The zero-order valence-corrected chi connectivity index (χ0v) is 18.2. The van der Waals surface area contributed by atoms with Crippen molar-refractivity contribution in [3.63, 3.8) is 0 Å². The van der Waals surface area contributed by atoms with Crippen molar-refractivity contribution >= 4 is 34.6 Å². The van der Waals surface area contributed by atoms with Crippen molar-refractivity contribution < 1.29 is 53.5 Å². The van der Waals surface area contributed by atoms with E-state index in [1.807, 2.05) is 0 Å². The van der Waals surface area contributed by atoms with Gasteiger partial charge in [0.15, 0.2) is 23.3 Å². The molecule has 0 aliphatic carbocycles. The number of amides is 2. The summed E-state index contributed by atoms with van der Waals surface area (Å²) in [5.74, 6) is -14.2. The molecule has 6 N–H and O–H groups in total. The fourth-order valence-corrected chi connectivity index (χ4v) is 3.21. The number of nitrogens with two attached hydrogens (primary N) is 2. The van der Waals surface area contributed by atoms with Crippen molar-refractivity contribution in [3.8, 4) is 0 Å². The van der Waals surface area contributed by atoms with Crippen LogP contribution in [0.5, 0.6) is 0 Å². The minimum atomic E-state index is -5.12. The lowest BCUT2D eigenvalue weighted by molar-refractivity contribution is -0.137. The van der Waals surface area contributed by atoms with Gasteiger partial charge >= 0.3 is 12.4 Å². The first-order chi connectivity index (χ1) is 17.4. The van der Waals surface area contributed by atoms with Crippen LogP contribution in [0.25, 0.3) is 0 Å². The third-order valence-electron chi connectivity index (χ3n) is 4.91. The van der Waals surface area contributed by atoms with Crippen LogP contribution in [0.15, 0.2) is 36.4 Å². The Labute approximate surface area is 205 Å². The van der Waals surface area contributed by atoms with Gasteiger partial charge in [-0.3, -0.25) is 9.59 Å². The number of benzene rings is 3. The predicted octanol–water partition coefficient (Wildman–Crippen LogP) is 5.95. The van der Waals surface area contributed by atoms with E-state index < -0.39 is 92.4 Å². The maximum absolute atomic E-state index is 14.6. The van der Waals surface area contributed by atoms with Gasteiger partial charge in [-0.05, 0) is 36.4 Å². The second-order valence-corrected chi connectivity index (χ2v) is 7.52. The number of hydrogen-bond donors (Lipinski definition) is 4. The van der Waals surface area contributed by atoms with Crippen molar-refractivity contribution in [1.29, 1.82) is 0 Å². The number of alkyl halides is 6. The summed E-state index contributed by atoms with van der Waals surface area (Å²) >= 11 is 0. The molecule has 0 aliphatic heterocycles. The fraction of sp³-hybridized carbons (Fsp3) is 0.0909. The van der Waals surface area contributed by atoms with Crippen LogP contribution in [0.2, 0.25) is 0 Å². The van der Waals surface area contributed by atoms with Gasteiger partial charge < -0.3 is 22.1 Å². The van der Waals surface area contributed by atoms with Crippen molar-refractivity contribution in [2.75, 3.05) is 22.1 Å². The molecular formula is C22H12F10N4O2. The molecule has 0 bridgehead atoms. The fourth-order valence-electron chi connectivity index (χ4n) is 3.21. The molecule has 0 atom stereocenters. The van der Waals surface area contributed by atoms with Crippen molar-refractivity contribution in [2.45, 2.75) is 12.4 Å². The molecule has 0 fully saturated rings. The summed E-state index contributed by atoms with van der Waals surface area (Å²) in [5.41, 5.74) is 0.306. The summed E-state index contributed by atoms with van der Waals surface area (Å²) in [6.45, 7) is 0. The Morgan fingerprint density at radius 1 is 0.579 bits per heavy atom. The van der Waals surface area contributed by atoms with Gasteiger partial charge in [0.05, 0.1) is 22.5 Å². The van der Waals surface area contributed by atoms with E-state index in [0.29, 0.717) is 24.3 Å². The first kappa shape index (κ1) is 28.1. The summed E-state index contributed by atoms with van der Waals surface area (Å²) < 4.78 is 138. The summed E-state index contributed by atoms with van der Waals surface area (Å²) in [5, 5.41) is 2.90. The molecule has 0 heterocycles. The molecule has 0 radical (unpaired) electrons. The third kappa shape index (κ3) is 5.42. The summed E-state index contributed by atoms with van der Waals surface area (Å²) in [6.07, 6.45) is -10.2. The molecule has 16 heteroatoms. The van der Waals surface area contributed by atoms with Gasteiger partial charge in [-0.2, -0.15) is 26.3 Å². The lowest BCUT2D eigenvalue weighted by Gasteiger charge is -2.17. The molecular weight excluding hydrogens is 542 g/mol. The van der Waals surface area contributed by atoms with Crippen molar-refractivity contribution in [2.24, 2.45) is 0 Å². The molecule has 3 aromatic rings. The quantitative estimate of drug-likeness (QED) is 0.182. The predicted molar refractivity (Wildman–Crippen MR) is 114 cm³/mol. The molecule has 3 rings (SSSR count). The highest BCUT2D eigenvalue weighted by Crippen LogP contribution is 2.38. The zero-order valence-electron chi connectivity index (χ0n) is 18.2. The molecule has 3 aromatic carbocycles. The Morgan fingerprint density at radius 2 is 0.868 bits per heavy atom. The lowest BCUT2D eigenvalue weighted by atomic mass is 10.0. The smallest absolute Gasteiger partial charge is 0.399 e. The van der Waals surface area contributed by atoms with Crippen LogP contribution in [-0.4, -0.2) is 11.8 Å². The second kappa shape index (κ2) is 9.75. The first-order valence-corrected chi connectivity index (χ1v) is 9.85. The average Bonchev–Trinajstić information content (AvgIpc) is 2.79. The molecule has 0 saturated heterocycles. The van der Waals surface area contributed by atoms with Gasteiger partial charge in [0.25, 0.3) is 11.8 Å². The highest BCUT2D eigenvalue weighted by atomic mass is 19.4. The Morgan fingerprint density at radius 3 is 1.13 bits per heavy atom. The second-order valence-electron chi connectivity index (χ2n) is 7.52. The van der Waals surface area contributed by atoms with Gasteiger partial charge in [0.1, 0.15) is 11.1 Å². The minimum Gasteiger partial charge on any atom is -0.399 e. The van der Waals surface area contributed by atoms with Crippen LogP contribution >= 0.6 is 0 Å². The van der Waals surface area contributed by atoms with Crippen LogP contribution in [0.1, 0.15) is 31.8 Å². The first-order valence-electron chi connectivity index (χ1n) is 9.85. The topological polar surface area (TPSA) is 110 Å². The highest BCUT2D eigenvalue weighted by molar-refractivity contribution is 6.08. The molecule has 0 aliphatic rings. The van der Waals surface area contributed by atoms with E-state index in [2.05, 4.69) is 0 Å². The maximum Gasteiger partial charge on any atom is 0.418 e. The Bertz CT molecular complexity index is 1310. The number of carbonyl (C=O) groups is 2. The molecule has 0 saturated carbocycles. The number of carbonyl (C=O) groups excluding carboxylic acids is 2. The van der Waals surface area contributed by atoms with E-state index in [9.17, 15) is 53.5 Å². The van der Waals surface area contributed by atoms with E-state index in [1.54, 1.807) is 0 Å². The molecule has 0 aromatic heterocycles. The van der Waals surface area contributed by atoms with Crippen LogP contribution in [0, 0.1) is 23.3 Å². The van der Waals surface area contributed by atoms with Crippen molar-refractivity contribution in [1.82, 2.24) is 0 Å². The molecule has 0 unspecified atom stereocenters. The van der Waals surface area contributed by atoms with Gasteiger partial charge in [0.2, 0.25) is 0 Å². The van der Waals surface area contributed by atoms with Crippen molar-refractivity contribution in [3.05, 3.63) is 81.9 Å². The molecule has 202 valence electrons. The normalized spacial score (nSPS) is 11.8. The van der Waals surface area contributed by atoms with E-state index in [1.165, 1.54) is 10.6 Å². The number of hydrogen-bond acceptors (Lipinski definition) is 4. The van der Waals surface area contributed by atoms with Gasteiger partial charge in [-0.15, -0.1) is 0 Å². The number of anilines is 4. The molecule has 6 nitrogen and oxygen atoms in total. The van der Waals surface area contributed by atoms with Gasteiger partial charge in [-0.25, -0.2) is 17.6 Å². The van der Waals surface area contributed by atoms with Crippen LogP contribution < -0.4 is 22.1 Å². The average molecular weight is 554 g/mol. The highest BCUT2D eigenvalue weighted by Gasteiger charge is 2.38. The van der Waals surface area contributed by atoms with E-state index in [-0.39, 0.29) is 0 Å². The van der Waals surface area contributed by atoms with E-state index in [0.717, 1.165) is 12.1 Å². The Balaban J connectivity index is 2.03. The standard InChI is InChI=1S/C22H12F10N4O2/c23-15-13(19(37)35-11-3-1-7(33)5-9(11)21(27,28)29)16(24)18(26)14(17(15)25)20(38)36-12-4-2-8(34)6-10(12)22(30,31)32/h1-6H,33-34H2,(H,35,37)(H,36,38). The Hall–Kier alpha value is -4.50. The third-order valence-corrected chi connectivity index (χ3v) is 4.91. The monoisotopic (exact) mass is 554 g/mol. The molecule has 38 heavy (non-hydrogen) atoms. The SMILES string of the molecule is Nc1ccc(NC(=O)c2c(F)c(F)c(C(=O)Nc3ccc(N)cc3C(F)(F)F)c(F)c2F)c(C(F)(F)F)c1. The number of nitrogens with one attached hydrogen (secondary N) is 2. The number of halogens is 10. The number of rotatable bonds is 4. The zero-order chi connectivity index (χ0) is 28.7. The maximum atomic E-state index is 14.6. The minimum absolute atomic E-state index is 0.364. The molecule has 0 spiro atoms. The van der Waals surface area contributed by atoms with Crippen LogP contribution in [0.4, 0.5) is 66.7 Å². The van der Waals surface area contributed by atoms with Gasteiger partial charge in [-0.1, -0.05) is 0 Å². The van der Waals surface area contributed by atoms with Crippen LogP contribution in [0.3, 0.4) is 0 Å². The lowest BCUT2D eigenvalue weighted by Crippen LogP contribution is -2.25. The Kier molecular flexibility index (Phi) is 7.21.